The number of nitrogens with one attached hydrogen (secondary N) is 1. The average molecular weight is 86.1 g/mol. The summed E-state index contributed by atoms with van der Waals surface area (Å²) < 4.78 is 0. The van der Waals surface area contributed by atoms with Gasteiger partial charge in [-0.25, -0.2) is 0 Å². The predicted molar refractivity (Wildman–Crippen MR) is 19.5 cm³/mol. The normalized spacial score (nSPS) is 6.83. The second-order valence-corrected chi connectivity index (χ2v) is 0.783. The SMILES string of the molecule is CC(=O)N[C]=O. The fraction of sp³-hybridized carbons (Fsp3) is 0.333. The standard InChI is InChI=1S/C3H4NO2/c1-3(6)4-2-5/h1H3,(H,4,5,6). The second-order valence-electron chi connectivity index (χ2n) is 0.783. The van der Waals surface area contributed by atoms with Crippen LogP contribution in [-0.4, -0.2) is 12.3 Å². The third kappa shape index (κ3) is 3.14. The number of imide groups is 1. The van der Waals surface area contributed by atoms with Gasteiger partial charge in [0.25, 0.3) is 0 Å². The lowest BCUT2D eigenvalue weighted by molar-refractivity contribution is -0.117. The van der Waals surface area contributed by atoms with Crippen LogP contribution in [0.2, 0.25) is 0 Å². The molecular formula is C3H4NO2. The number of carbonyl (C=O) groups is 1. The summed E-state index contributed by atoms with van der Waals surface area (Å²) in [6.45, 7) is 1.24. The van der Waals surface area contributed by atoms with E-state index in [1.165, 1.54) is 13.3 Å². The Morgan fingerprint density at radius 2 is 2.33 bits per heavy atom. The molecule has 3 nitrogen and oxygen atoms in total. The summed E-state index contributed by atoms with van der Waals surface area (Å²) in [6, 6.07) is 0. The molecule has 0 heterocycles. The maximum absolute atomic E-state index is 9.67. The molecule has 0 atom stereocenters. The highest BCUT2D eigenvalue weighted by molar-refractivity contribution is 5.83. The first kappa shape index (κ1) is 5.14. The average Bonchev–Trinajstić information content (AvgIpc) is 1.35. The van der Waals surface area contributed by atoms with Crippen LogP contribution in [0.15, 0.2) is 0 Å². The number of rotatable bonds is 1. The molecule has 0 spiro atoms. The van der Waals surface area contributed by atoms with Crippen LogP contribution < -0.4 is 5.32 Å². The molecule has 0 aliphatic heterocycles. The first-order chi connectivity index (χ1) is 2.77. The van der Waals surface area contributed by atoms with Crippen LogP contribution in [0.5, 0.6) is 0 Å². The molecule has 0 aromatic rings. The highest BCUT2D eigenvalue weighted by atomic mass is 16.2. The first-order valence-corrected chi connectivity index (χ1v) is 1.41. The van der Waals surface area contributed by atoms with Crippen LogP contribution in [0.3, 0.4) is 0 Å². The molecule has 6 heavy (non-hydrogen) atoms. The van der Waals surface area contributed by atoms with Gasteiger partial charge in [-0.2, -0.15) is 0 Å². The van der Waals surface area contributed by atoms with Crippen LogP contribution in [0.4, 0.5) is 0 Å². The second kappa shape index (κ2) is 2.38. The van der Waals surface area contributed by atoms with Crippen molar-refractivity contribution >= 4 is 12.3 Å². The van der Waals surface area contributed by atoms with Crippen LogP contribution in [0, 0.1) is 0 Å². The molecule has 0 fully saturated rings. The van der Waals surface area contributed by atoms with Gasteiger partial charge in [-0.3, -0.25) is 14.9 Å². The Morgan fingerprint density at radius 1 is 1.83 bits per heavy atom. The molecule has 0 aliphatic rings. The molecule has 3 heteroatoms. The highest BCUT2D eigenvalue weighted by Gasteiger charge is 1.80. The third-order valence-electron chi connectivity index (χ3n) is 0.227. The highest BCUT2D eigenvalue weighted by Crippen LogP contribution is 1.47. The van der Waals surface area contributed by atoms with Crippen LogP contribution in [-0.2, 0) is 9.59 Å². The van der Waals surface area contributed by atoms with Gasteiger partial charge in [0.05, 0.1) is 0 Å². The quantitative estimate of drug-likeness (QED) is 0.424. The molecule has 0 rings (SSSR count). The molecule has 1 N–H and O–H groups in total. The Labute approximate surface area is 35.3 Å². The van der Waals surface area contributed by atoms with E-state index in [2.05, 4.69) is 0 Å². The van der Waals surface area contributed by atoms with Crippen molar-refractivity contribution in [1.29, 1.82) is 0 Å². The molecule has 0 aliphatic carbocycles. The lowest BCUT2D eigenvalue weighted by Crippen LogP contribution is -2.16. The number of amides is 2. The third-order valence-corrected chi connectivity index (χ3v) is 0.227. The summed E-state index contributed by atoms with van der Waals surface area (Å²) >= 11 is 0. The predicted octanol–water partition coefficient (Wildman–Crippen LogP) is -0.810. The first-order valence-electron chi connectivity index (χ1n) is 1.41. The Hall–Kier alpha value is -0.860. The van der Waals surface area contributed by atoms with Crippen molar-refractivity contribution in [3.8, 4) is 0 Å². The van der Waals surface area contributed by atoms with E-state index >= 15 is 0 Å². The van der Waals surface area contributed by atoms with E-state index in [9.17, 15) is 4.79 Å². The van der Waals surface area contributed by atoms with E-state index in [1.807, 2.05) is 0 Å². The summed E-state index contributed by atoms with van der Waals surface area (Å²) in [4.78, 5) is 18.8. The molecule has 0 bridgehead atoms. The van der Waals surface area contributed by atoms with Gasteiger partial charge in [0.15, 0.2) is 0 Å². The van der Waals surface area contributed by atoms with Gasteiger partial charge in [-0.05, 0) is 0 Å². The van der Waals surface area contributed by atoms with Gasteiger partial charge < -0.3 is 0 Å². The lowest BCUT2D eigenvalue weighted by atomic mass is 10.7. The van der Waals surface area contributed by atoms with Crippen molar-refractivity contribution in [2.75, 3.05) is 0 Å². The molecule has 0 saturated carbocycles. The Kier molecular flexibility index (Phi) is 2.04. The van der Waals surface area contributed by atoms with Crippen LogP contribution >= 0.6 is 0 Å². The number of hydrogen-bond donors (Lipinski definition) is 1. The Bertz CT molecular complexity index is 69.2. The van der Waals surface area contributed by atoms with Gasteiger partial charge in [0, 0.05) is 6.92 Å². The topological polar surface area (TPSA) is 46.2 Å². The van der Waals surface area contributed by atoms with Crippen molar-refractivity contribution in [3.05, 3.63) is 0 Å². The fourth-order valence-corrected chi connectivity index (χ4v) is 0.0719. The molecule has 1 radical (unpaired) electrons. The fourth-order valence-electron chi connectivity index (χ4n) is 0.0719. The van der Waals surface area contributed by atoms with E-state index < -0.39 is 0 Å². The van der Waals surface area contributed by atoms with Gasteiger partial charge >= 0.3 is 6.41 Å². The number of hydrogen-bond acceptors (Lipinski definition) is 2. The largest absolute Gasteiger partial charge is 0.316 e. The van der Waals surface area contributed by atoms with Crippen molar-refractivity contribution in [1.82, 2.24) is 5.32 Å². The van der Waals surface area contributed by atoms with Crippen molar-refractivity contribution in [3.63, 3.8) is 0 Å². The minimum absolute atomic E-state index is 0.384. The van der Waals surface area contributed by atoms with Gasteiger partial charge in [-0.1, -0.05) is 0 Å². The zero-order chi connectivity index (χ0) is 4.99. The zero-order valence-corrected chi connectivity index (χ0v) is 3.32. The summed E-state index contributed by atoms with van der Waals surface area (Å²) in [6.07, 6.45) is 1.22. The van der Waals surface area contributed by atoms with Crippen molar-refractivity contribution < 1.29 is 9.59 Å². The van der Waals surface area contributed by atoms with Crippen molar-refractivity contribution in [2.45, 2.75) is 6.92 Å². The van der Waals surface area contributed by atoms with Crippen LogP contribution in [0.25, 0.3) is 0 Å². The molecule has 2 amide bonds. The maximum atomic E-state index is 9.67. The summed E-state index contributed by atoms with van der Waals surface area (Å²) in [5.74, 6) is -0.384. The summed E-state index contributed by atoms with van der Waals surface area (Å²) in [5.41, 5.74) is 0. The van der Waals surface area contributed by atoms with Crippen molar-refractivity contribution in [2.24, 2.45) is 0 Å². The number of carbonyl (C=O) groups excluding carboxylic acids is 2. The van der Waals surface area contributed by atoms with E-state index in [4.69, 9.17) is 4.79 Å². The molecule has 0 saturated heterocycles. The molecule has 33 valence electrons. The smallest absolute Gasteiger partial charge is 0.288 e. The van der Waals surface area contributed by atoms with E-state index in [1.54, 1.807) is 5.32 Å². The van der Waals surface area contributed by atoms with E-state index in [0.29, 0.717) is 0 Å². The van der Waals surface area contributed by atoms with Gasteiger partial charge in [0.2, 0.25) is 5.91 Å². The molecule has 0 aromatic carbocycles. The van der Waals surface area contributed by atoms with Crippen LogP contribution in [0.1, 0.15) is 6.92 Å². The maximum Gasteiger partial charge on any atom is 0.316 e. The van der Waals surface area contributed by atoms with Gasteiger partial charge in [0.1, 0.15) is 0 Å². The zero-order valence-electron chi connectivity index (χ0n) is 3.32. The summed E-state index contributed by atoms with van der Waals surface area (Å²) in [7, 11) is 0. The summed E-state index contributed by atoms with van der Waals surface area (Å²) in [5, 5.41) is 1.76. The Morgan fingerprint density at radius 3 is 2.33 bits per heavy atom. The Balaban J connectivity index is 3.05. The molecule has 0 unspecified atom stereocenters. The molecule has 0 aromatic heterocycles. The van der Waals surface area contributed by atoms with Gasteiger partial charge in [-0.15, -0.1) is 0 Å². The lowest BCUT2D eigenvalue weighted by Gasteiger charge is -1.77. The molecular weight excluding hydrogens is 82.0 g/mol. The minimum atomic E-state index is -0.384. The monoisotopic (exact) mass is 86.0 g/mol. The van der Waals surface area contributed by atoms with E-state index in [-0.39, 0.29) is 5.91 Å². The minimum Gasteiger partial charge on any atom is -0.288 e. The van der Waals surface area contributed by atoms with E-state index in [0.717, 1.165) is 0 Å².